The summed E-state index contributed by atoms with van der Waals surface area (Å²) in [5, 5.41) is 2.96. The first-order valence-corrected chi connectivity index (χ1v) is 11.3. The van der Waals surface area contributed by atoms with Crippen molar-refractivity contribution in [3.05, 3.63) is 89.5 Å². The first-order valence-electron chi connectivity index (χ1n) is 10.3. The standard InChI is InChI=1S/C26H29NO2S/c1-18(2)24-15-10-19(3)16-25(24)29-20(4)26(28)27-22-13-11-21(12-14-22)17-30-23-8-6-5-7-9-23/h5-16,18,20H,17H2,1-4H3,(H,27,28)/t20-/m0/s1. The Labute approximate surface area is 183 Å². The number of hydrogen-bond donors (Lipinski definition) is 1. The highest BCUT2D eigenvalue weighted by atomic mass is 32.2. The second kappa shape index (κ2) is 10.4. The molecule has 0 aliphatic rings. The zero-order valence-electron chi connectivity index (χ0n) is 18.0. The lowest BCUT2D eigenvalue weighted by Gasteiger charge is -2.19. The Morgan fingerprint density at radius 1 is 0.967 bits per heavy atom. The van der Waals surface area contributed by atoms with Gasteiger partial charge in [-0.1, -0.05) is 56.3 Å². The monoisotopic (exact) mass is 419 g/mol. The Balaban J connectivity index is 1.57. The van der Waals surface area contributed by atoms with Crippen molar-refractivity contribution in [3.63, 3.8) is 0 Å². The minimum Gasteiger partial charge on any atom is -0.481 e. The molecule has 0 heterocycles. The van der Waals surface area contributed by atoms with Crippen LogP contribution in [0.5, 0.6) is 5.75 Å². The predicted molar refractivity (Wildman–Crippen MR) is 126 cm³/mol. The van der Waals surface area contributed by atoms with Crippen LogP contribution in [0, 0.1) is 6.92 Å². The van der Waals surface area contributed by atoms with E-state index in [2.05, 4.69) is 55.6 Å². The molecule has 0 saturated heterocycles. The Hall–Kier alpha value is -2.72. The number of hydrogen-bond acceptors (Lipinski definition) is 3. The number of thioether (sulfide) groups is 1. The topological polar surface area (TPSA) is 38.3 Å². The van der Waals surface area contributed by atoms with E-state index in [1.165, 1.54) is 10.5 Å². The van der Waals surface area contributed by atoms with Crippen molar-refractivity contribution in [2.75, 3.05) is 5.32 Å². The highest BCUT2D eigenvalue weighted by molar-refractivity contribution is 7.98. The maximum atomic E-state index is 12.6. The number of benzene rings is 3. The molecule has 0 aliphatic heterocycles. The third-order valence-electron chi connectivity index (χ3n) is 4.83. The number of ether oxygens (including phenoxy) is 1. The molecule has 0 aliphatic carbocycles. The van der Waals surface area contributed by atoms with Crippen LogP contribution in [0.4, 0.5) is 5.69 Å². The van der Waals surface area contributed by atoms with Gasteiger partial charge < -0.3 is 10.1 Å². The Bertz CT molecular complexity index is 968. The summed E-state index contributed by atoms with van der Waals surface area (Å²) < 4.78 is 6.02. The molecule has 3 aromatic rings. The van der Waals surface area contributed by atoms with Gasteiger partial charge in [-0.3, -0.25) is 4.79 Å². The highest BCUT2D eigenvalue weighted by Gasteiger charge is 2.18. The van der Waals surface area contributed by atoms with Gasteiger partial charge in [0.1, 0.15) is 5.75 Å². The molecule has 1 amide bonds. The van der Waals surface area contributed by atoms with Gasteiger partial charge in [0.2, 0.25) is 0 Å². The van der Waals surface area contributed by atoms with E-state index in [9.17, 15) is 4.79 Å². The molecule has 0 saturated carbocycles. The number of amides is 1. The van der Waals surface area contributed by atoms with Crippen molar-refractivity contribution in [1.82, 2.24) is 0 Å². The third-order valence-corrected chi connectivity index (χ3v) is 5.92. The maximum absolute atomic E-state index is 12.6. The molecule has 0 unspecified atom stereocenters. The summed E-state index contributed by atoms with van der Waals surface area (Å²) in [5.74, 6) is 1.85. The zero-order valence-corrected chi connectivity index (χ0v) is 18.8. The van der Waals surface area contributed by atoms with E-state index >= 15 is 0 Å². The second-order valence-corrected chi connectivity index (χ2v) is 8.79. The normalized spacial score (nSPS) is 11.9. The fourth-order valence-electron chi connectivity index (χ4n) is 3.08. The van der Waals surface area contributed by atoms with Gasteiger partial charge in [-0.05, 0) is 66.8 Å². The maximum Gasteiger partial charge on any atom is 0.265 e. The van der Waals surface area contributed by atoms with Crippen LogP contribution >= 0.6 is 11.8 Å². The Morgan fingerprint density at radius 2 is 1.67 bits per heavy atom. The predicted octanol–water partition coefficient (Wildman–Crippen LogP) is 6.82. The molecule has 0 aromatic heterocycles. The Morgan fingerprint density at radius 3 is 2.33 bits per heavy atom. The van der Waals surface area contributed by atoms with Gasteiger partial charge in [0, 0.05) is 16.3 Å². The van der Waals surface area contributed by atoms with Crippen molar-refractivity contribution in [2.24, 2.45) is 0 Å². The van der Waals surface area contributed by atoms with Crippen LogP contribution in [0.1, 0.15) is 43.4 Å². The van der Waals surface area contributed by atoms with Crippen molar-refractivity contribution in [1.29, 1.82) is 0 Å². The molecular formula is C26H29NO2S. The molecule has 1 atom stereocenters. The van der Waals surface area contributed by atoms with Crippen LogP contribution in [0.3, 0.4) is 0 Å². The van der Waals surface area contributed by atoms with Gasteiger partial charge in [0.05, 0.1) is 0 Å². The molecular weight excluding hydrogens is 390 g/mol. The lowest BCUT2D eigenvalue weighted by molar-refractivity contribution is -0.122. The number of carbonyl (C=O) groups excluding carboxylic acids is 1. The molecule has 3 rings (SSSR count). The van der Waals surface area contributed by atoms with E-state index < -0.39 is 6.10 Å². The number of nitrogens with one attached hydrogen (secondary N) is 1. The summed E-state index contributed by atoms with van der Waals surface area (Å²) in [5.41, 5.74) is 4.22. The summed E-state index contributed by atoms with van der Waals surface area (Å²) in [6.07, 6.45) is -0.586. The van der Waals surface area contributed by atoms with Gasteiger partial charge >= 0.3 is 0 Å². The number of rotatable bonds is 8. The minimum absolute atomic E-state index is 0.155. The minimum atomic E-state index is -0.586. The van der Waals surface area contributed by atoms with Gasteiger partial charge in [-0.25, -0.2) is 0 Å². The first kappa shape index (κ1) is 22.0. The van der Waals surface area contributed by atoms with Crippen molar-refractivity contribution in [3.8, 4) is 5.75 Å². The van der Waals surface area contributed by atoms with Crippen LogP contribution in [-0.4, -0.2) is 12.0 Å². The van der Waals surface area contributed by atoms with Gasteiger partial charge in [-0.15, -0.1) is 11.8 Å². The first-order chi connectivity index (χ1) is 14.4. The third kappa shape index (κ3) is 6.14. The lowest BCUT2D eigenvalue weighted by atomic mass is 10.0. The van der Waals surface area contributed by atoms with E-state index in [1.54, 1.807) is 18.7 Å². The Kier molecular flexibility index (Phi) is 7.58. The van der Waals surface area contributed by atoms with E-state index in [1.807, 2.05) is 43.3 Å². The van der Waals surface area contributed by atoms with Crippen molar-refractivity contribution >= 4 is 23.4 Å². The smallest absolute Gasteiger partial charge is 0.265 e. The highest BCUT2D eigenvalue weighted by Crippen LogP contribution is 2.28. The van der Waals surface area contributed by atoms with Crippen LogP contribution in [-0.2, 0) is 10.5 Å². The molecule has 0 bridgehead atoms. The van der Waals surface area contributed by atoms with Crippen molar-refractivity contribution in [2.45, 2.75) is 50.4 Å². The quantitative estimate of drug-likeness (QED) is 0.407. The molecule has 0 fully saturated rings. The summed E-state index contributed by atoms with van der Waals surface area (Å²) in [6.45, 7) is 8.06. The molecule has 4 heteroatoms. The molecule has 3 aromatic carbocycles. The molecule has 1 N–H and O–H groups in total. The second-order valence-electron chi connectivity index (χ2n) is 7.74. The molecule has 3 nitrogen and oxygen atoms in total. The fraction of sp³-hybridized carbons (Fsp3) is 0.269. The average Bonchev–Trinajstić information content (AvgIpc) is 2.73. The van der Waals surface area contributed by atoms with E-state index in [0.717, 1.165) is 28.3 Å². The van der Waals surface area contributed by atoms with Crippen LogP contribution in [0.15, 0.2) is 77.7 Å². The zero-order chi connectivity index (χ0) is 21.5. The average molecular weight is 420 g/mol. The summed E-state index contributed by atoms with van der Waals surface area (Å²) in [4.78, 5) is 13.9. The lowest BCUT2D eigenvalue weighted by Crippen LogP contribution is -2.30. The molecule has 30 heavy (non-hydrogen) atoms. The van der Waals surface area contributed by atoms with E-state index in [-0.39, 0.29) is 5.91 Å². The number of aryl methyl sites for hydroxylation is 1. The number of anilines is 1. The number of carbonyl (C=O) groups is 1. The fourth-order valence-corrected chi connectivity index (χ4v) is 3.95. The largest absolute Gasteiger partial charge is 0.481 e. The van der Waals surface area contributed by atoms with E-state index in [0.29, 0.717) is 5.92 Å². The van der Waals surface area contributed by atoms with Crippen LogP contribution in [0.25, 0.3) is 0 Å². The van der Waals surface area contributed by atoms with Gasteiger partial charge in [0.15, 0.2) is 6.10 Å². The van der Waals surface area contributed by atoms with E-state index in [4.69, 9.17) is 4.74 Å². The molecule has 156 valence electrons. The van der Waals surface area contributed by atoms with Gasteiger partial charge in [0.25, 0.3) is 5.91 Å². The van der Waals surface area contributed by atoms with Crippen molar-refractivity contribution < 1.29 is 9.53 Å². The SMILES string of the molecule is Cc1ccc(C(C)C)c(O[C@@H](C)C(=O)Nc2ccc(CSc3ccccc3)cc2)c1. The molecule has 0 radical (unpaired) electrons. The molecule has 0 spiro atoms. The van der Waals surface area contributed by atoms with Gasteiger partial charge in [-0.2, -0.15) is 0 Å². The summed E-state index contributed by atoms with van der Waals surface area (Å²) in [7, 11) is 0. The van der Waals surface area contributed by atoms with Crippen LogP contribution in [0.2, 0.25) is 0 Å². The van der Waals surface area contributed by atoms with Crippen LogP contribution < -0.4 is 10.1 Å². The summed E-state index contributed by atoms with van der Waals surface area (Å²) >= 11 is 1.80. The summed E-state index contributed by atoms with van der Waals surface area (Å²) in [6, 6.07) is 24.5.